The predicted molar refractivity (Wildman–Crippen MR) is 83.5 cm³/mol. The molecule has 1 aromatic heterocycles. The molecule has 0 aliphatic rings. The third kappa shape index (κ3) is 3.38. The van der Waals surface area contributed by atoms with E-state index in [4.69, 9.17) is 0 Å². The van der Waals surface area contributed by atoms with E-state index in [1.54, 1.807) is 6.33 Å². The highest BCUT2D eigenvalue weighted by Crippen LogP contribution is 2.32. The Morgan fingerprint density at radius 3 is 1.85 bits per heavy atom. The van der Waals surface area contributed by atoms with Crippen LogP contribution >= 0.6 is 0 Å². The lowest BCUT2D eigenvalue weighted by atomic mass is 9.80. The van der Waals surface area contributed by atoms with E-state index < -0.39 is 0 Å². The summed E-state index contributed by atoms with van der Waals surface area (Å²) in [6, 6.07) is 6.64. The van der Waals surface area contributed by atoms with Gasteiger partial charge in [0, 0.05) is 5.69 Å². The molecule has 1 aromatic carbocycles. The maximum atomic E-state index is 4.12. The molecule has 4 nitrogen and oxygen atoms in total. The lowest BCUT2D eigenvalue weighted by Gasteiger charge is -2.26. The van der Waals surface area contributed by atoms with Crippen molar-refractivity contribution < 1.29 is 0 Å². The predicted octanol–water partition coefficient (Wildman–Crippen LogP) is 4.14. The Hall–Kier alpha value is -1.84. The number of aromatic nitrogens is 3. The minimum atomic E-state index is 0.108. The molecule has 1 heterocycles. The Bertz CT molecular complexity index is 539. The zero-order valence-corrected chi connectivity index (χ0v) is 13.2. The van der Waals surface area contributed by atoms with Crippen LogP contribution in [0, 0.1) is 0 Å². The maximum absolute atomic E-state index is 4.12. The second kappa shape index (κ2) is 4.93. The van der Waals surface area contributed by atoms with Gasteiger partial charge in [0.2, 0.25) is 5.95 Å². The average Bonchev–Trinajstić information content (AvgIpc) is 2.79. The summed E-state index contributed by atoms with van der Waals surface area (Å²) >= 11 is 0. The number of nitrogens with one attached hydrogen (secondary N) is 2. The van der Waals surface area contributed by atoms with Crippen LogP contribution in [0.5, 0.6) is 0 Å². The van der Waals surface area contributed by atoms with Crippen LogP contribution in [0.1, 0.15) is 52.7 Å². The van der Waals surface area contributed by atoms with Crippen LogP contribution in [0.2, 0.25) is 0 Å². The largest absolute Gasteiger partial charge is 0.323 e. The first-order valence-corrected chi connectivity index (χ1v) is 6.95. The van der Waals surface area contributed by atoms with Crippen molar-refractivity contribution in [2.75, 3.05) is 5.32 Å². The Balaban J connectivity index is 2.46. The SMILES string of the molecule is CC(C)(C)c1cc(Nc2nc[nH]n2)cc(C(C)(C)C)c1. The van der Waals surface area contributed by atoms with Gasteiger partial charge in [0.05, 0.1) is 0 Å². The first-order valence-electron chi connectivity index (χ1n) is 6.95. The van der Waals surface area contributed by atoms with E-state index in [1.807, 2.05) is 0 Å². The van der Waals surface area contributed by atoms with Gasteiger partial charge in [-0.25, -0.2) is 4.98 Å². The van der Waals surface area contributed by atoms with Gasteiger partial charge in [0.25, 0.3) is 0 Å². The van der Waals surface area contributed by atoms with Gasteiger partial charge in [-0.05, 0) is 34.1 Å². The summed E-state index contributed by atoms with van der Waals surface area (Å²) in [5.41, 5.74) is 3.86. The van der Waals surface area contributed by atoms with Crippen LogP contribution in [0.25, 0.3) is 0 Å². The Kier molecular flexibility index (Phi) is 3.59. The quantitative estimate of drug-likeness (QED) is 0.863. The van der Waals surface area contributed by atoms with E-state index in [0.29, 0.717) is 5.95 Å². The lowest BCUT2D eigenvalue weighted by Crippen LogP contribution is -2.16. The van der Waals surface area contributed by atoms with Gasteiger partial charge >= 0.3 is 0 Å². The van der Waals surface area contributed by atoms with Crippen LogP contribution < -0.4 is 5.32 Å². The summed E-state index contributed by atoms with van der Waals surface area (Å²) < 4.78 is 0. The normalized spacial score (nSPS) is 12.5. The van der Waals surface area contributed by atoms with Crippen LogP contribution in [-0.4, -0.2) is 15.2 Å². The maximum Gasteiger partial charge on any atom is 0.246 e. The zero-order valence-electron chi connectivity index (χ0n) is 13.2. The van der Waals surface area contributed by atoms with Gasteiger partial charge in [-0.3, -0.25) is 5.10 Å². The summed E-state index contributed by atoms with van der Waals surface area (Å²) in [5, 5.41) is 10.0. The molecule has 0 atom stereocenters. The van der Waals surface area contributed by atoms with Gasteiger partial charge < -0.3 is 5.32 Å². The molecular weight excluding hydrogens is 248 g/mol. The van der Waals surface area contributed by atoms with Crippen LogP contribution in [0.15, 0.2) is 24.5 Å². The summed E-state index contributed by atoms with van der Waals surface area (Å²) in [7, 11) is 0. The third-order valence-electron chi connectivity index (χ3n) is 3.34. The summed E-state index contributed by atoms with van der Waals surface area (Å²) in [4.78, 5) is 4.12. The smallest absolute Gasteiger partial charge is 0.246 e. The fourth-order valence-electron chi connectivity index (χ4n) is 1.96. The fraction of sp³-hybridized carbons (Fsp3) is 0.500. The van der Waals surface area contributed by atoms with E-state index in [-0.39, 0.29) is 10.8 Å². The molecule has 0 bridgehead atoms. The van der Waals surface area contributed by atoms with Crippen molar-refractivity contribution in [2.24, 2.45) is 0 Å². The zero-order chi connectivity index (χ0) is 15.0. The van der Waals surface area contributed by atoms with Crippen molar-refractivity contribution in [1.82, 2.24) is 15.2 Å². The molecule has 20 heavy (non-hydrogen) atoms. The molecule has 0 fully saturated rings. The molecule has 2 aromatic rings. The van der Waals surface area contributed by atoms with Crippen molar-refractivity contribution in [3.8, 4) is 0 Å². The molecule has 2 N–H and O–H groups in total. The van der Waals surface area contributed by atoms with E-state index in [0.717, 1.165) is 5.69 Å². The molecule has 0 saturated carbocycles. The van der Waals surface area contributed by atoms with Crippen molar-refractivity contribution in [1.29, 1.82) is 0 Å². The van der Waals surface area contributed by atoms with Crippen molar-refractivity contribution in [3.63, 3.8) is 0 Å². The molecule has 0 saturated heterocycles. The molecule has 0 amide bonds. The standard InChI is InChI=1S/C16H24N4/c1-15(2,3)11-7-12(16(4,5)6)9-13(8-11)19-14-17-10-18-20-14/h7-10H,1-6H3,(H2,17,18,19,20). The molecule has 0 spiro atoms. The highest BCUT2D eigenvalue weighted by atomic mass is 15.3. The highest BCUT2D eigenvalue weighted by molar-refractivity contribution is 5.57. The monoisotopic (exact) mass is 272 g/mol. The van der Waals surface area contributed by atoms with Gasteiger partial charge in [0.15, 0.2) is 0 Å². The molecule has 4 heteroatoms. The summed E-state index contributed by atoms with van der Waals surface area (Å²) in [6.07, 6.45) is 1.57. The molecule has 0 aliphatic carbocycles. The Labute approximate surface area is 121 Å². The second-order valence-corrected chi connectivity index (χ2v) is 7.25. The third-order valence-corrected chi connectivity index (χ3v) is 3.34. The number of anilines is 2. The van der Waals surface area contributed by atoms with Gasteiger partial charge in [0.1, 0.15) is 6.33 Å². The summed E-state index contributed by atoms with van der Waals surface area (Å²) in [6.45, 7) is 13.4. The van der Waals surface area contributed by atoms with Crippen molar-refractivity contribution >= 4 is 11.6 Å². The topological polar surface area (TPSA) is 53.6 Å². The second-order valence-electron chi connectivity index (χ2n) is 7.25. The molecular formula is C16H24N4. The van der Waals surface area contributed by atoms with Gasteiger partial charge in [-0.2, -0.15) is 0 Å². The van der Waals surface area contributed by atoms with Crippen LogP contribution in [0.3, 0.4) is 0 Å². The minimum Gasteiger partial charge on any atom is -0.323 e. The first kappa shape index (κ1) is 14.6. The van der Waals surface area contributed by atoms with Crippen molar-refractivity contribution in [3.05, 3.63) is 35.7 Å². The Morgan fingerprint density at radius 2 is 1.45 bits per heavy atom. The Morgan fingerprint density at radius 1 is 0.900 bits per heavy atom. The van der Waals surface area contributed by atoms with Crippen molar-refractivity contribution in [2.45, 2.75) is 52.4 Å². The number of hydrogen-bond acceptors (Lipinski definition) is 3. The fourth-order valence-corrected chi connectivity index (χ4v) is 1.96. The highest BCUT2D eigenvalue weighted by Gasteiger charge is 2.20. The molecule has 108 valence electrons. The van der Waals surface area contributed by atoms with E-state index in [2.05, 4.69) is 80.2 Å². The van der Waals surface area contributed by atoms with E-state index in [1.165, 1.54) is 11.1 Å². The number of benzene rings is 1. The number of nitrogens with zero attached hydrogens (tertiary/aromatic N) is 2. The number of aromatic amines is 1. The molecule has 0 aliphatic heterocycles. The van der Waals surface area contributed by atoms with Gasteiger partial charge in [-0.1, -0.05) is 47.6 Å². The molecule has 2 rings (SSSR count). The minimum absolute atomic E-state index is 0.108. The first-order chi connectivity index (χ1) is 9.16. The van der Waals surface area contributed by atoms with Gasteiger partial charge in [-0.15, -0.1) is 5.10 Å². The number of H-pyrrole nitrogens is 1. The van der Waals surface area contributed by atoms with E-state index in [9.17, 15) is 0 Å². The average molecular weight is 272 g/mol. The molecule has 0 radical (unpaired) electrons. The van der Waals surface area contributed by atoms with E-state index >= 15 is 0 Å². The summed E-state index contributed by atoms with van der Waals surface area (Å²) in [5.74, 6) is 0.593. The van der Waals surface area contributed by atoms with Crippen LogP contribution in [0.4, 0.5) is 11.6 Å². The number of rotatable bonds is 2. The lowest BCUT2D eigenvalue weighted by molar-refractivity contribution is 0.569. The molecule has 0 unspecified atom stereocenters. The van der Waals surface area contributed by atoms with Crippen LogP contribution in [-0.2, 0) is 10.8 Å². The number of hydrogen-bond donors (Lipinski definition) is 2.